The first kappa shape index (κ1) is 20.1. The van der Waals surface area contributed by atoms with Gasteiger partial charge in [-0.1, -0.05) is 73.5 Å². The fourth-order valence-electron chi connectivity index (χ4n) is 3.74. The second-order valence-electron chi connectivity index (χ2n) is 7.24. The monoisotopic (exact) mass is 380 g/mol. The highest BCUT2D eigenvalue weighted by atomic mass is 16.3. The topological polar surface area (TPSA) is 69.6 Å². The fourth-order valence-corrected chi connectivity index (χ4v) is 3.74. The minimum absolute atomic E-state index is 0.197. The number of carbonyl (C=O) groups is 2. The SMILES string of the molecule is O=C(NC(CO)C(=O)N1CCCCCC1)C(c1ccccc1)c1ccccc1. The van der Waals surface area contributed by atoms with Gasteiger partial charge in [-0.05, 0) is 24.0 Å². The van der Waals surface area contributed by atoms with E-state index in [0.717, 1.165) is 36.8 Å². The molecule has 28 heavy (non-hydrogen) atoms. The first-order valence-corrected chi connectivity index (χ1v) is 10.0. The van der Waals surface area contributed by atoms with Gasteiger partial charge in [0.15, 0.2) is 0 Å². The van der Waals surface area contributed by atoms with Gasteiger partial charge in [0.05, 0.1) is 12.5 Å². The van der Waals surface area contributed by atoms with E-state index in [0.29, 0.717) is 13.1 Å². The van der Waals surface area contributed by atoms with Crippen LogP contribution in [0.3, 0.4) is 0 Å². The van der Waals surface area contributed by atoms with Crippen molar-refractivity contribution in [3.63, 3.8) is 0 Å². The molecule has 1 fully saturated rings. The molecule has 5 heteroatoms. The molecule has 1 unspecified atom stereocenters. The Morgan fingerprint density at radius 1 is 0.857 bits per heavy atom. The predicted molar refractivity (Wildman–Crippen MR) is 109 cm³/mol. The van der Waals surface area contributed by atoms with Gasteiger partial charge in [0.25, 0.3) is 0 Å². The maximum Gasteiger partial charge on any atom is 0.247 e. The Hall–Kier alpha value is -2.66. The maximum absolute atomic E-state index is 13.2. The van der Waals surface area contributed by atoms with Gasteiger partial charge in [0.2, 0.25) is 11.8 Å². The normalized spacial score (nSPS) is 15.7. The number of aliphatic hydroxyl groups excluding tert-OH is 1. The van der Waals surface area contributed by atoms with E-state index in [2.05, 4.69) is 5.32 Å². The molecule has 1 atom stereocenters. The minimum atomic E-state index is -0.916. The number of likely N-dealkylation sites (tertiary alicyclic amines) is 1. The summed E-state index contributed by atoms with van der Waals surface area (Å²) in [6, 6.07) is 18.1. The minimum Gasteiger partial charge on any atom is -0.394 e. The molecule has 0 bridgehead atoms. The Balaban J connectivity index is 1.79. The Morgan fingerprint density at radius 2 is 1.36 bits per heavy atom. The Morgan fingerprint density at radius 3 is 1.82 bits per heavy atom. The summed E-state index contributed by atoms with van der Waals surface area (Å²) in [6.45, 7) is 0.968. The van der Waals surface area contributed by atoms with Crippen molar-refractivity contribution in [1.82, 2.24) is 10.2 Å². The van der Waals surface area contributed by atoms with Crippen LogP contribution < -0.4 is 5.32 Å². The first-order valence-electron chi connectivity index (χ1n) is 10.0. The molecule has 0 radical (unpaired) electrons. The molecule has 1 heterocycles. The van der Waals surface area contributed by atoms with Crippen LogP contribution in [0, 0.1) is 0 Å². The molecule has 5 nitrogen and oxygen atoms in total. The van der Waals surface area contributed by atoms with Crippen molar-refractivity contribution < 1.29 is 14.7 Å². The molecule has 1 aliphatic heterocycles. The number of benzene rings is 2. The lowest BCUT2D eigenvalue weighted by atomic mass is 9.90. The highest BCUT2D eigenvalue weighted by Crippen LogP contribution is 2.25. The molecular weight excluding hydrogens is 352 g/mol. The lowest BCUT2D eigenvalue weighted by molar-refractivity contribution is -0.137. The Labute approximate surface area is 166 Å². The number of amides is 2. The number of rotatable bonds is 6. The Kier molecular flexibility index (Phi) is 7.20. The van der Waals surface area contributed by atoms with Crippen LogP contribution in [0.5, 0.6) is 0 Å². The van der Waals surface area contributed by atoms with Crippen LogP contribution in [0.4, 0.5) is 0 Å². The van der Waals surface area contributed by atoms with Gasteiger partial charge in [0, 0.05) is 13.1 Å². The fraction of sp³-hybridized carbons (Fsp3) is 0.391. The maximum atomic E-state index is 13.2. The van der Waals surface area contributed by atoms with E-state index in [1.807, 2.05) is 60.7 Å². The first-order chi connectivity index (χ1) is 13.7. The molecule has 148 valence electrons. The summed E-state index contributed by atoms with van der Waals surface area (Å²) in [5, 5.41) is 12.6. The molecule has 2 aromatic rings. The summed E-state index contributed by atoms with van der Waals surface area (Å²) in [5.41, 5.74) is 1.70. The average Bonchev–Trinajstić information content (AvgIpc) is 3.03. The number of carbonyl (C=O) groups excluding carboxylic acids is 2. The molecule has 2 N–H and O–H groups in total. The molecular formula is C23H28N2O3. The molecule has 2 aromatic carbocycles. The average molecular weight is 380 g/mol. The molecule has 0 aliphatic carbocycles. The van der Waals surface area contributed by atoms with E-state index in [-0.39, 0.29) is 11.8 Å². The quantitative estimate of drug-likeness (QED) is 0.810. The van der Waals surface area contributed by atoms with Gasteiger partial charge in [-0.15, -0.1) is 0 Å². The molecule has 0 saturated carbocycles. The van der Waals surface area contributed by atoms with E-state index in [1.165, 1.54) is 0 Å². The van der Waals surface area contributed by atoms with Crippen molar-refractivity contribution in [3.8, 4) is 0 Å². The van der Waals surface area contributed by atoms with Gasteiger partial charge in [-0.3, -0.25) is 9.59 Å². The number of hydrogen-bond donors (Lipinski definition) is 2. The van der Waals surface area contributed by atoms with Gasteiger partial charge in [-0.25, -0.2) is 0 Å². The van der Waals surface area contributed by atoms with Crippen molar-refractivity contribution in [2.24, 2.45) is 0 Å². The largest absolute Gasteiger partial charge is 0.394 e. The van der Waals surface area contributed by atoms with Crippen molar-refractivity contribution in [2.45, 2.75) is 37.6 Å². The summed E-state index contributed by atoms with van der Waals surface area (Å²) in [6.07, 6.45) is 4.16. The summed E-state index contributed by atoms with van der Waals surface area (Å²) >= 11 is 0. The van der Waals surface area contributed by atoms with Gasteiger partial charge >= 0.3 is 0 Å². The predicted octanol–water partition coefficient (Wildman–Crippen LogP) is 2.70. The zero-order valence-corrected chi connectivity index (χ0v) is 16.1. The smallest absolute Gasteiger partial charge is 0.247 e. The molecule has 0 spiro atoms. The number of aliphatic hydroxyl groups is 1. The lowest BCUT2D eigenvalue weighted by Crippen LogP contribution is -2.51. The van der Waals surface area contributed by atoms with Crippen LogP contribution >= 0.6 is 0 Å². The third-order valence-electron chi connectivity index (χ3n) is 5.24. The van der Waals surface area contributed by atoms with E-state index >= 15 is 0 Å². The number of nitrogens with one attached hydrogen (secondary N) is 1. The van der Waals surface area contributed by atoms with Gasteiger partial charge in [0.1, 0.15) is 6.04 Å². The number of nitrogens with zero attached hydrogens (tertiary/aromatic N) is 1. The summed E-state index contributed by atoms with van der Waals surface area (Å²) in [4.78, 5) is 27.8. The molecule has 2 amide bonds. The van der Waals surface area contributed by atoms with Crippen molar-refractivity contribution in [2.75, 3.05) is 19.7 Å². The molecule has 3 rings (SSSR count). The summed E-state index contributed by atoms with van der Waals surface area (Å²) in [5.74, 6) is -1.01. The van der Waals surface area contributed by atoms with Crippen LogP contribution in [-0.4, -0.2) is 47.6 Å². The van der Waals surface area contributed by atoms with Gasteiger partial charge < -0.3 is 15.3 Å². The van der Waals surface area contributed by atoms with E-state index < -0.39 is 18.6 Å². The Bertz CT molecular complexity index is 716. The van der Waals surface area contributed by atoms with E-state index in [1.54, 1.807) is 4.90 Å². The van der Waals surface area contributed by atoms with Crippen LogP contribution in [0.25, 0.3) is 0 Å². The van der Waals surface area contributed by atoms with Crippen molar-refractivity contribution in [3.05, 3.63) is 71.8 Å². The lowest BCUT2D eigenvalue weighted by Gasteiger charge is -2.27. The van der Waals surface area contributed by atoms with Crippen LogP contribution in [-0.2, 0) is 9.59 Å². The summed E-state index contributed by atoms with van der Waals surface area (Å²) < 4.78 is 0. The van der Waals surface area contributed by atoms with Crippen molar-refractivity contribution >= 4 is 11.8 Å². The third-order valence-corrected chi connectivity index (χ3v) is 5.24. The second kappa shape index (κ2) is 10.0. The van der Waals surface area contributed by atoms with E-state index in [9.17, 15) is 14.7 Å². The summed E-state index contributed by atoms with van der Waals surface area (Å²) in [7, 11) is 0. The van der Waals surface area contributed by atoms with Crippen LogP contribution in [0.15, 0.2) is 60.7 Å². The van der Waals surface area contributed by atoms with Crippen molar-refractivity contribution in [1.29, 1.82) is 0 Å². The third kappa shape index (κ3) is 4.98. The standard InChI is InChI=1S/C23H28N2O3/c26-17-20(23(28)25-15-9-1-2-10-16-25)24-22(27)21(18-11-5-3-6-12-18)19-13-7-4-8-14-19/h3-8,11-14,20-21,26H,1-2,9-10,15-17H2,(H,24,27). The zero-order chi connectivity index (χ0) is 19.8. The highest BCUT2D eigenvalue weighted by molar-refractivity contribution is 5.92. The zero-order valence-electron chi connectivity index (χ0n) is 16.1. The van der Waals surface area contributed by atoms with Gasteiger partial charge in [-0.2, -0.15) is 0 Å². The molecule has 1 aliphatic rings. The molecule has 0 aromatic heterocycles. The molecule has 1 saturated heterocycles. The highest BCUT2D eigenvalue weighted by Gasteiger charge is 2.30. The number of hydrogen-bond acceptors (Lipinski definition) is 3. The van der Waals surface area contributed by atoms with E-state index in [4.69, 9.17) is 0 Å². The second-order valence-corrected chi connectivity index (χ2v) is 7.24. The van der Waals surface area contributed by atoms with Crippen LogP contribution in [0.2, 0.25) is 0 Å². The van der Waals surface area contributed by atoms with Crippen LogP contribution in [0.1, 0.15) is 42.7 Å².